The molecule has 108 valence electrons. The van der Waals surface area contributed by atoms with E-state index >= 15 is 0 Å². The largest absolute Gasteiger partial charge is 0.385 e. The van der Waals surface area contributed by atoms with E-state index in [-0.39, 0.29) is 0 Å². The summed E-state index contributed by atoms with van der Waals surface area (Å²) in [4.78, 5) is 2.45. The lowest BCUT2D eigenvalue weighted by atomic mass is 10.0. The van der Waals surface area contributed by atoms with Gasteiger partial charge in [-0.3, -0.25) is 0 Å². The lowest BCUT2D eigenvalue weighted by Gasteiger charge is -2.31. The number of hydrogen-bond acceptors (Lipinski definition) is 4. The van der Waals surface area contributed by atoms with Gasteiger partial charge in [0.1, 0.15) is 0 Å². The van der Waals surface area contributed by atoms with Gasteiger partial charge in [0.25, 0.3) is 0 Å². The normalized spacial score (nSPS) is 22.3. The molecule has 0 aromatic carbocycles. The Morgan fingerprint density at radius 3 is 3.00 bits per heavy atom. The molecule has 1 saturated heterocycles. The summed E-state index contributed by atoms with van der Waals surface area (Å²) in [7, 11) is 3.97. The van der Waals surface area contributed by atoms with Crippen molar-refractivity contribution in [3.8, 4) is 0 Å². The minimum Gasteiger partial charge on any atom is -0.385 e. The molecule has 1 heterocycles. The van der Waals surface area contributed by atoms with Crippen LogP contribution in [0.2, 0.25) is 0 Å². The fourth-order valence-corrected chi connectivity index (χ4v) is 2.35. The molecule has 1 fully saturated rings. The molecule has 2 unspecified atom stereocenters. The standard InChI is InChI=1S/C14H30N2O2/c1-13(10-15-7-5-8-17-3)16(2)11-14-6-4-9-18-12-14/h13-15H,4-12H2,1-3H3. The summed E-state index contributed by atoms with van der Waals surface area (Å²) < 4.78 is 10.6. The fraction of sp³-hybridized carbons (Fsp3) is 1.00. The molecule has 0 spiro atoms. The molecule has 0 aliphatic carbocycles. The summed E-state index contributed by atoms with van der Waals surface area (Å²) in [6, 6.07) is 0.578. The van der Waals surface area contributed by atoms with E-state index in [4.69, 9.17) is 9.47 Å². The number of ether oxygens (including phenoxy) is 2. The van der Waals surface area contributed by atoms with E-state index in [1.54, 1.807) is 7.11 Å². The number of methoxy groups -OCH3 is 1. The Labute approximate surface area is 112 Å². The minimum atomic E-state index is 0.578. The van der Waals surface area contributed by atoms with Gasteiger partial charge in [-0.2, -0.15) is 0 Å². The van der Waals surface area contributed by atoms with Gasteiger partial charge < -0.3 is 19.7 Å². The maximum absolute atomic E-state index is 5.53. The Morgan fingerprint density at radius 2 is 2.33 bits per heavy atom. The maximum Gasteiger partial charge on any atom is 0.0506 e. The Balaban J connectivity index is 2.06. The third kappa shape index (κ3) is 6.69. The average Bonchev–Trinajstić information content (AvgIpc) is 2.39. The topological polar surface area (TPSA) is 33.7 Å². The predicted molar refractivity (Wildman–Crippen MR) is 75.0 cm³/mol. The van der Waals surface area contributed by atoms with E-state index in [0.717, 1.165) is 51.8 Å². The van der Waals surface area contributed by atoms with Crippen molar-refractivity contribution in [2.24, 2.45) is 5.92 Å². The zero-order chi connectivity index (χ0) is 13.2. The van der Waals surface area contributed by atoms with E-state index in [1.807, 2.05) is 0 Å². The van der Waals surface area contributed by atoms with Gasteiger partial charge in [-0.15, -0.1) is 0 Å². The summed E-state index contributed by atoms with van der Waals surface area (Å²) in [5.74, 6) is 0.722. The van der Waals surface area contributed by atoms with Crippen LogP contribution in [-0.2, 0) is 9.47 Å². The summed E-state index contributed by atoms with van der Waals surface area (Å²) >= 11 is 0. The molecule has 2 atom stereocenters. The van der Waals surface area contributed by atoms with Crippen molar-refractivity contribution in [1.82, 2.24) is 10.2 Å². The second-order valence-electron chi connectivity index (χ2n) is 5.42. The van der Waals surface area contributed by atoms with Gasteiger partial charge in [0.2, 0.25) is 0 Å². The van der Waals surface area contributed by atoms with Crippen molar-refractivity contribution < 1.29 is 9.47 Å². The average molecular weight is 258 g/mol. The fourth-order valence-electron chi connectivity index (χ4n) is 2.35. The Morgan fingerprint density at radius 1 is 1.50 bits per heavy atom. The zero-order valence-corrected chi connectivity index (χ0v) is 12.3. The van der Waals surface area contributed by atoms with Crippen LogP contribution in [0.25, 0.3) is 0 Å². The monoisotopic (exact) mass is 258 g/mol. The quantitative estimate of drug-likeness (QED) is 0.633. The third-order valence-electron chi connectivity index (χ3n) is 3.69. The molecule has 18 heavy (non-hydrogen) atoms. The highest BCUT2D eigenvalue weighted by Crippen LogP contribution is 2.15. The van der Waals surface area contributed by atoms with Crippen LogP contribution in [0.15, 0.2) is 0 Å². The van der Waals surface area contributed by atoms with Crippen LogP contribution in [0.3, 0.4) is 0 Å². The molecule has 0 amide bonds. The minimum absolute atomic E-state index is 0.578. The highest BCUT2D eigenvalue weighted by molar-refractivity contribution is 4.72. The van der Waals surface area contributed by atoms with Crippen LogP contribution in [0, 0.1) is 5.92 Å². The molecule has 1 aliphatic heterocycles. The van der Waals surface area contributed by atoms with Gasteiger partial charge in [-0.1, -0.05) is 0 Å². The zero-order valence-electron chi connectivity index (χ0n) is 12.3. The van der Waals surface area contributed by atoms with E-state index in [1.165, 1.54) is 12.8 Å². The molecule has 1 N–H and O–H groups in total. The van der Waals surface area contributed by atoms with Crippen LogP contribution in [-0.4, -0.2) is 64.6 Å². The highest BCUT2D eigenvalue weighted by Gasteiger charge is 2.18. The van der Waals surface area contributed by atoms with Gasteiger partial charge in [0, 0.05) is 39.5 Å². The number of nitrogens with one attached hydrogen (secondary N) is 1. The Kier molecular flexibility index (Phi) is 8.59. The first-order valence-electron chi connectivity index (χ1n) is 7.21. The molecule has 0 saturated carbocycles. The van der Waals surface area contributed by atoms with Gasteiger partial charge in [0.15, 0.2) is 0 Å². The van der Waals surface area contributed by atoms with Gasteiger partial charge in [-0.25, -0.2) is 0 Å². The maximum atomic E-state index is 5.53. The van der Waals surface area contributed by atoms with E-state index in [0.29, 0.717) is 6.04 Å². The molecule has 4 heteroatoms. The Hall–Kier alpha value is -0.160. The summed E-state index contributed by atoms with van der Waals surface area (Å²) in [5.41, 5.74) is 0. The van der Waals surface area contributed by atoms with E-state index in [2.05, 4.69) is 24.2 Å². The first kappa shape index (κ1) is 15.9. The van der Waals surface area contributed by atoms with Crippen LogP contribution in [0.5, 0.6) is 0 Å². The number of likely N-dealkylation sites (N-methyl/N-ethyl adjacent to an activating group) is 1. The first-order chi connectivity index (χ1) is 8.74. The second-order valence-corrected chi connectivity index (χ2v) is 5.42. The number of nitrogens with zero attached hydrogens (tertiary/aromatic N) is 1. The van der Waals surface area contributed by atoms with Crippen molar-refractivity contribution in [2.45, 2.75) is 32.2 Å². The van der Waals surface area contributed by atoms with Gasteiger partial charge in [-0.05, 0) is 45.7 Å². The van der Waals surface area contributed by atoms with Crippen LogP contribution < -0.4 is 5.32 Å². The van der Waals surface area contributed by atoms with E-state index in [9.17, 15) is 0 Å². The van der Waals surface area contributed by atoms with Crippen LogP contribution >= 0.6 is 0 Å². The second kappa shape index (κ2) is 9.73. The molecule has 4 nitrogen and oxygen atoms in total. The van der Waals surface area contributed by atoms with Crippen LogP contribution in [0.4, 0.5) is 0 Å². The number of rotatable bonds is 9. The van der Waals surface area contributed by atoms with E-state index < -0.39 is 0 Å². The van der Waals surface area contributed by atoms with Crippen molar-refractivity contribution in [3.05, 3.63) is 0 Å². The van der Waals surface area contributed by atoms with Crippen LogP contribution in [0.1, 0.15) is 26.2 Å². The van der Waals surface area contributed by atoms with Crippen molar-refractivity contribution in [2.75, 3.05) is 53.6 Å². The molecule has 0 radical (unpaired) electrons. The van der Waals surface area contributed by atoms with Crippen molar-refractivity contribution in [1.29, 1.82) is 0 Å². The van der Waals surface area contributed by atoms with Gasteiger partial charge >= 0.3 is 0 Å². The molecular weight excluding hydrogens is 228 g/mol. The lowest BCUT2D eigenvalue weighted by molar-refractivity contribution is 0.0373. The summed E-state index contributed by atoms with van der Waals surface area (Å²) in [6.45, 7) is 8.27. The third-order valence-corrected chi connectivity index (χ3v) is 3.69. The smallest absolute Gasteiger partial charge is 0.0506 e. The molecule has 1 rings (SSSR count). The lowest BCUT2D eigenvalue weighted by Crippen LogP contribution is -2.42. The van der Waals surface area contributed by atoms with Gasteiger partial charge in [0.05, 0.1) is 6.61 Å². The highest BCUT2D eigenvalue weighted by atomic mass is 16.5. The summed E-state index contributed by atoms with van der Waals surface area (Å²) in [6.07, 6.45) is 3.63. The van der Waals surface area contributed by atoms with Crippen molar-refractivity contribution in [3.63, 3.8) is 0 Å². The molecule has 1 aliphatic rings. The Bertz CT molecular complexity index is 196. The molecule has 0 aromatic rings. The SMILES string of the molecule is COCCCNCC(C)N(C)CC1CCCOC1. The predicted octanol–water partition coefficient (Wildman–Crippen LogP) is 1.36. The molecular formula is C14H30N2O2. The van der Waals surface area contributed by atoms with Crippen molar-refractivity contribution >= 4 is 0 Å². The first-order valence-corrected chi connectivity index (χ1v) is 7.21. The summed E-state index contributed by atoms with van der Waals surface area (Å²) in [5, 5.41) is 3.49. The number of hydrogen-bond donors (Lipinski definition) is 1. The molecule has 0 aromatic heterocycles. The molecule has 0 bridgehead atoms.